The molecule has 156 valence electrons. The maximum absolute atomic E-state index is 12.3. The first-order chi connectivity index (χ1) is 15.0. The number of hydrogen-bond donors (Lipinski definition) is 1. The van der Waals surface area contributed by atoms with Gasteiger partial charge in [0.2, 0.25) is 0 Å². The summed E-state index contributed by atoms with van der Waals surface area (Å²) in [4.78, 5) is 30.7. The zero-order chi connectivity index (χ0) is 21.8. The van der Waals surface area contributed by atoms with Crippen molar-refractivity contribution in [3.05, 3.63) is 84.7 Å². The van der Waals surface area contributed by atoms with Crippen molar-refractivity contribution in [3.8, 4) is 5.69 Å². The van der Waals surface area contributed by atoms with E-state index in [2.05, 4.69) is 10.3 Å². The summed E-state index contributed by atoms with van der Waals surface area (Å²) in [7, 11) is 3.88. The van der Waals surface area contributed by atoms with Crippen molar-refractivity contribution < 1.29 is 14.3 Å². The van der Waals surface area contributed by atoms with Gasteiger partial charge in [0.15, 0.2) is 6.61 Å². The molecule has 0 spiro atoms. The number of nitrogens with zero attached hydrogens (tertiary/aromatic N) is 3. The van der Waals surface area contributed by atoms with Gasteiger partial charge in [0, 0.05) is 31.2 Å². The summed E-state index contributed by atoms with van der Waals surface area (Å²) < 4.78 is 7.09. The lowest BCUT2D eigenvalue weighted by molar-refractivity contribution is -0.119. The van der Waals surface area contributed by atoms with Gasteiger partial charge >= 0.3 is 5.97 Å². The average molecular weight is 414 g/mol. The molecule has 4 rings (SSSR count). The Hall–Kier alpha value is -4.13. The van der Waals surface area contributed by atoms with Crippen LogP contribution in [0.4, 0.5) is 11.4 Å². The lowest BCUT2D eigenvalue weighted by atomic mass is 10.2. The van der Waals surface area contributed by atoms with Crippen LogP contribution in [0.15, 0.2) is 79.1 Å². The summed E-state index contributed by atoms with van der Waals surface area (Å²) in [6.45, 7) is -0.359. The van der Waals surface area contributed by atoms with Crippen LogP contribution in [0.25, 0.3) is 16.7 Å². The molecule has 4 aromatic rings. The number of ether oxygens (including phenoxy) is 1. The number of carbonyl (C=O) groups is 2. The van der Waals surface area contributed by atoms with Crippen LogP contribution in [0.1, 0.15) is 10.4 Å². The number of amides is 1. The first kappa shape index (κ1) is 20.2. The second kappa shape index (κ2) is 8.71. The van der Waals surface area contributed by atoms with E-state index in [-0.39, 0.29) is 6.61 Å². The Labute approximate surface area is 179 Å². The predicted octanol–water partition coefficient (Wildman–Crippen LogP) is 3.89. The van der Waals surface area contributed by atoms with E-state index in [4.69, 9.17) is 4.74 Å². The fourth-order valence-electron chi connectivity index (χ4n) is 3.18. The molecule has 7 heteroatoms. The number of para-hydroxylation sites is 2. The average Bonchev–Trinajstić information content (AvgIpc) is 3.22. The van der Waals surface area contributed by atoms with Gasteiger partial charge in [-0.3, -0.25) is 9.36 Å². The molecule has 0 saturated carbocycles. The van der Waals surface area contributed by atoms with Gasteiger partial charge in [0.05, 0.1) is 16.6 Å². The fourth-order valence-corrected chi connectivity index (χ4v) is 3.18. The number of benzene rings is 3. The number of esters is 1. The van der Waals surface area contributed by atoms with Crippen LogP contribution in [0.5, 0.6) is 0 Å². The Balaban J connectivity index is 1.35. The Kier molecular flexibility index (Phi) is 5.66. The molecule has 7 nitrogen and oxygen atoms in total. The lowest BCUT2D eigenvalue weighted by Gasteiger charge is -2.13. The van der Waals surface area contributed by atoms with E-state index in [1.807, 2.05) is 72.1 Å². The van der Waals surface area contributed by atoms with Gasteiger partial charge < -0.3 is 15.0 Å². The number of nitrogens with one attached hydrogen (secondary N) is 1. The Morgan fingerprint density at radius 2 is 1.68 bits per heavy atom. The van der Waals surface area contributed by atoms with E-state index >= 15 is 0 Å². The molecule has 3 aromatic carbocycles. The van der Waals surface area contributed by atoms with E-state index in [9.17, 15) is 9.59 Å². The Bertz CT molecular complexity index is 1210. The quantitative estimate of drug-likeness (QED) is 0.485. The molecule has 0 aliphatic carbocycles. The van der Waals surface area contributed by atoms with E-state index in [0.29, 0.717) is 11.3 Å². The largest absolute Gasteiger partial charge is 0.452 e. The summed E-state index contributed by atoms with van der Waals surface area (Å²) in [5.41, 5.74) is 4.79. The molecule has 0 unspecified atom stereocenters. The molecule has 1 aromatic heterocycles. The highest BCUT2D eigenvalue weighted by molar-refractivity contribution is 5.95. The van der Waals surface area contributed by atoms with Crippen LogP contribution in [-0.2, 0) is 9.53 Å². The first-order valence-corrected chi connectivity index (χ1v) is 9.78. The van der Waals surface area contributed by atoms with Crippen molar-refractivity contribution in [2.24, 2.45) is 0 Å². The minimum Gasteiger partial charge on any atom is -0.452 e. The smallest absolute Gasteiger partial charge is 0.338 e. The summed E-state index contributed by atoms with van der Waals surface area (Å²) in [5.74, 6) is -0.951. The molecule has 0 radical (unpaired) electrons. The number of aromatic nitrogens is 2. The third kappa shape index (κ3) is 4.56. The molecule has 0 bridgehead atoms. The Morgan fingerprint density at radius 3 is 2.39 bits per heavy atom. The third-order valence-electron chi connectivity index (χ3n) is 4.84. The van der Waals surface area contributed by atoms with Gasteiger partial charge in [0.25, 0.3) is 5.91 Å². The summed E-state index contributed by atoms with van der Waals surface area (Å²) in [5, 5.41) is 2.71. The zero-order valence-electron chi connectivity index (χ0n) is 17.3. The highest BCUT2D eigenvalue weighted by Gasteiger charge is 2.11. The van der Waals surface area contributed by atoms with E-state index in [1.165, 1.54) is 0 Å². The molecule has 1 heterocycles. The molecule has 0 atom stereocenters. The fraction of sp³-hybridized carbons (Fsp3) is 0.125. The minimum atomic E-state index is -0.555. The van der Waals surface area contributed by atoms with Crippen molar-refractivity contribution in [1.82, 2.24) is 9.55 Å². The molecule has 0 aliphatic rings. The number of fused-ring (bicyclic) bond motifs is 1. The molecule has 0 fully saturated rings. The SMILES string of the molecule is CN(C)c1ccc(NC(=O)COC(=O)c2ccc(-n3cnc4ccccc43)cc2)cc1. The molecule has 1 N–H and O–H groups in total. The molecule has 0 aliphatic heterocycles. The van der Waals surface area contributed by atoms with Crippen LogP contribution in [0, 0.1) is 0 Å². The van der Waals surface area contributed by atoms with Gasteiger partial charge in [-0.25, -0.2) is 9.78 Å². The molecule has 31 heavy (non-hydrogen) atoms. The van der Waals surface area contributed by atoms with Crippen LogP contribution in [0.2, 0.25) is 0 Å². The highest BCUT2D eigenvalue weighted by atomic mass is 16.5. The van der Waals surface area contributed by atoms with Crippen LogP contribution < -0.4 is 10.2 Å². The normalized spacial score (nSPS) is 10.6. The first-order valence-electron chi connectivity index (χ1n) is 9.78. The Morgan fingerprint density at radius 1 is 0.968 bits per heavy atom. The maximum Gasteiger partial charge on any atom is 0.338 e. The van der Waals surface area contributed by atoms with Gasteiger partial charge in [-0.15, -0.1) is 0 Å². The highest BCUT2D eigenvalue weighted by Crippen LogP contribution is 2.19. The van der Waals surface area contributed by atoms with Gasteiger partial charge in [-0.1, -0.05) is 12.1 Å². The summed E-state index contributed by atoms with van der Waals surface area (Å²) in [6, 6.07) is 22.2. The maximum atomic E-state index is 12.3. The van der Waals surface area contributed by atoms with Crippen molar-refractivity contribution >= 4 is 34.3 Å². The molecule has 1 amide bonds. The molecular formula is C24H22N4O3. The van der Waals surface area contributed by atoms with E-state index in [0.717, 1.165) is 22.4 Å². The third-order valence-corrected chi connectivity index (χ3v) is 4.84. The number of anilines is 2. The van der Waals surface area contributed by atoms with Crippen LogP contribution in [0.3, 0.4) is 0 Å². The zero-order valence-corrected chi connectivity index (χ0v) is 17.3. The predicted molar refractivity (Wildman–Crippen MR) is 121 cm³/mol. The summed E-state index contributed by atoms with van der Waals surface area (Å²) in [6.07, 6.45) is 1.74. The van der Waals surface area contributed by atoms with Crippen molar-refractivity contribution in [1.29, 1.82) is 0 Å². The van der Waals surface area contributed by atoms with Gasteiger partial charge in [-0.05, 0) is 60.7 Å². The van der Waals surface area contributed by atoms with Crippen molar-refractivity contribution in [2.75, 3.05) is 30.9 Å². The lowest BCUT2D eigenvalue weighted by Crippen LogP contribution is -2.21. The second-order valence-electron chi connectivity index (χ2n) is 7.22. The van der Waals surface area contributed by atoms with Gasteiger partial charge in [0.1, 0.15) is 6.33 Å². The van der Waals surface area contributed by atoms with Gasteiger partial charge in [-0.2, -0.15) is 0 Å². The van der Waals surface area contributed by atoms with Crippen molar-refractivity contribution in [3.63, 3.8) is 0 Å². The standard InChI is InChI=1S/C24H22N4O3/c1-27(2)19-13-9-18(10-14-19)26-23(29)15-31-24(30)17-7-11-20(12-8-17)28-16-25-21-5-3-4-6-22(21)28/h3-14,16H,15H2,1-2H3,(H,26,29). The second-order valence-corrected chi connectivity index (χ2v) is 7.22. The number of imidazole rings is 1. The van der Waals surface area contributed by atoms with Crippen molar-refractivity contribution in [2.45, 2.75) is 0 Å². The monoisotopic (exact) mass is 414 g/mol. The topological polar surface area (TPSA) is 76.5 Å². The van der Waals surface area contributed by atoms with E-state index in [1.54, 1.807) is 30.6 Å². The number of hydrogen-bond acceptors (Lipinski definition) is 5. The molecule has 0 saturated heterocycles. The van der Waals surface area contributed by atoms with Crippen LogP contribution in [-0.4, -0.2) is 42.1 Å². The summed E-state index contributed by atoms with van der Waals surface area (Å²) >= 11 is 0. The number of carbonyl (C=O) groups excluding carboxylic acids is 2. The number of rotatable bonds is 6. The minimum absolute atomic E-state index is 0.359. The van der Waals surface area contributed by atoms with E-state index < -0.39 is 11.9 Å². The van der Waals surface area contributed by atoms with Crippen LogP contribution >= 0.6 is 0 Å². The molecular weight excluding hydrogens is 392 g/mol.